The number of ether oxygens (including phenoxy) is 1. The second-order valence-electron chi connectivity index (χ2n) is 7.76. The van der Waals surface area contributed by atoms with Gasteiger partial charge in [-0.15, -0.1) is 5.10 Å². The van der Waals surface area contributed by atoms with Crippen molar-refractivity contribution >= 4 is 16.9 Å². The van der Waals surface area contributed by atoms with Gasteiger partial charge in [0.15, 0.2) is 5.82 Å². The number of benzene rings is 2. The van der Waals surface area contributed by atoms with Crippen LogP contribution in [0.25, 0.3) is 16.7 Å². The number of amides is 1. The van der Waals surface area contributed by atoms with Gasteiger partial charge in [0.2, 0.25) is 0 Å². The number of nitrogens with zero attached hydrogens (tertiary/aromatic N) is 6. The summed E-state index contributed by atoms with van der Waals surface area (Å²) in [4.78, 5) is 29.2. The molecule has 2 aromatic carbocycles. The first-order valence-corrected chi connectivity index (χ1v) is 10.6. The fourth-order valence-corrected chi connectivity index (χ4v) is 3.92. The third kappa shape index (κ3) is 4.20. The predicted octanol–water partition coefficient (Wildman–Crippen LogP) is 1.74. The quantitative estimate of drug-likeness (QED) is 0.427. The molecule has 10 nitrogen and oxygen atoms in total. The molecule has 0 aliphatic carbocycles. The van der Waals surface area contributed by atoms with E-state index in [0.29, 0.717) is 44.1 Å². The van der Waals surface area contributed by atoms with Crippen LogP contribution in [0.2, 0.25) is 0 Å². The highest BCUT2D eigenvalue weighted by Gasteiger charge is 2.26. The Morgan fingerprint density at radius 1 is 1.06 bits per heavy atom. The summed E-state index contributed by atoms with van der Waals surface area (Å²) < 4.78 is 12.2. The highest BCUT2D eigenvalue weighted by atomic mass is 16.5. The van der Waals surface area contributed by atoms with Crippen LogP contribution < -0.4 is 10.4 Å². The number of para-hydroxylation sites is 1. The second kappa shape index (κ2) is 8.83. The molecule has 0 saturated carbocycles. The van der Waals surface area contributed by atoms with Crippen LogP contribution in [-0.2, 0) is 6.54 Å². The minimum Gasteiger partial charge on any atom is -0.497 e. The minimum absolute atomic E-state index is 0.0607. The van der Waals surface area contributed by atoms with Gasteiger partial charge >= 0.3 is 5.63 Å². The third-order valence-electron chi connectivity index (χ3n) is 5.75. The maximum Gasteiger partial charge on any atom is 0.349 e. The molecule has 1 amide bonds. The number of hydrogen-bond donors (Lipinski definition) is 0. The van der Waals surface area contributed by atoms with Crippen LogP contribution >= 0.6 is 0 Å². The van der Waals surface area contributed by atoms with Gasteiger partial charge in [-0.1, -0.05) is 18.2 Å². The van der Waals surface area contributed by atoms with E-state index in [1.165, 1.54) is 0 Å². The summed E-state index contributed by atoms with van der Waals surface area (Å²) in [5, 5.41) is 12.8. The maximum atomic E-state index is 13.0. The first-order chi connectivity index (χ1) is 16.1. The zero-order chi connectivity index (χ0) is 22.8. The Morgan fingerprint density at radius 2 is 1.82 bits per heavy atom. The Kier molecular flexibility index (Phi) is 5.57. The molecule has 1 saturated heterocycles. The van der Waals surface area contributed by atoms with E-state index in [4.69, 9.17) is 9.15 Å². The van der Waals surface area contributed by atoms with Gasteiger partial charge < -0.3 is 14.1 Å². The van der Waals surface area contributed by atoms with E-state index in [1.54, 1.807) is 34.9 Å². The second-order valence-corrected chi connectivity index (χ2v) is 7.76. The van der Waals surface area contributed by atoms with Gasteiger partial charge in [0.1, 0.15) is 16.9 Å². The largest absolute Gasteiger partial charge is 0.497 e. The smallest absolute Gasteiger partial charge is 0.349 e. The number of piperazine rings is 1. The molecule has 3 heterocycles. The van der Waals surface area contributed by atoms with Crippen molar-refractivity contribution in [2.45, 2.75) is 6.54 Å². The minimum atomic E-state index is -0.611. The lowest BCUT2D eigenvalue weighted by Gasteiger charge is -2.34. The molecule has 2 aromatic heterocycles. The van der Waals surface area contributed by atoms with Crippen molar-refractivity contribution in [2.24, 2.45) is 0 Å². The zero-order valence-electron chi connectivity index (χ0n) is 18.0. The van der Waals surface area contributed by atoms with Crippen molar-refractivity contribution in [1.82, 2.24) is 30.0 Å². The molecule has 10 heteroatoms. The van der Waals surface area contributed by atoms with Gasteiger partial charge in [0.05, 0.1) is 19.3 Å². The van der Waals surface area contributed by atoms with E-state index in [-0.39, 0.29) is 11.5 Å². The first kappa shape index (κ1) is 20.8. The number of fused-ring (bicyclic) bond motifs is 1. The summed E-state index contributed by atoms with van der Waals surface area (Å²) in [6.45, 7) is 2.81. The normalized spacial score (nSPS) is 14.5. The topological polar surface area (TPSA) is 107 Å². The van der Waals surface area contributed by atoms with Crippen LogP contribution in [0.3, 0.4) is 0 Å². The molecule has 168 valence electrons. The average Bonchev–Trinajstić information content (AvgIpc) is 3.32. The van der Waals surface area contributed by atoms with E-state index in [1.807, 2.05) is 36.4 Å². The van der Waals surface area contributed by atoms with Crippen molar-refractivity contribution in [3.8, 4) is 11.4 Å². The summed E-state index contributed by atoms with van der Waals surface area (Å²) in [5.41, 5.74) is 0.761. The number of rotatable bonds is 5. The lowest BCUT2D eigenvalue weighted by atomic mass is 10.1. The van der Waals surface area contributed by atoms with E-state index >= 15 is 0 Å². The number of carbonyl (C=O) groups is 1. The summed E-state index contributed by atoms with van der Waals surface area (Å²) >= 11 is 0. The van der Waals surface area contributed by atoms with E-state index < -0.39 is 5.63 Å². The van der Waals surface area contributed by atoms with Gasteiger partial charge in [-0.25, -0.2) is 4.79 Å². The lowest BCUT2D eigenvalue weighted by Crippen LogP contribution is -2.49. The molecule has 1 aliphatic rings. The van der Waals surface area contributed by atoms with Gasteiger partial charge in [0.25, 0.3) is 5.91 Å². The third-order valence-corrected chi connectivity index (χ3v) is 5.75. The van der Waals surface area contributed by atoms with Crippen LogP contribution in [0.4, 0.5) is 0 Å². The fraction of sp³-hybridized carbons (Fsp3) is 0.261. The van der Waals surface area contributed by atoms with Gasteiger partial charge in [0, 0.05) is 31.6 Å². The van der Waals surface area contributed by atoms with Crippen LogP contribution in [0, 0.1) is 0 Å². The molecular weight excluding hydrogens is 424 g/mol. The molecule has 0 unspecified atom stereocenters. The summed E-state index contributed by atoms with van der Waals surface area (Å²) in [6, 6.07) is 16.3. The molecular formula is C23H22N6O4. The molecule has 0 spiro atoms. The molecule has 0 atom stereocenters. The number of carbonyl (C=O) groups excluding carboxylic acids is 1. The molecule has 0 bridgehead atoms. The number of tetrazole rings is 1. The van der Waals surface area contributed by atoms with Crippen LogP contribution in [0.1, 0.15) is 16.2 Å². The molecule has 0 radical (unpaired) electrons. The van der Waals surface area contributed by atoms with Crippen LogP contribution in [0.5, 0.6) is 5.75 Å². The molecule has 1 fully saturated rings. The number of hydrogen-bond acceptors (Lipinski definition) is 8. The highest BCUT2D eigenvalue weighted by Crippen LogP contribution is 2.17. The Labute approximate surface area is 189 Å². The Morgan fingerprint density at radius 3 is 2.58 bits per heavy atom. The number of aromatic nitrogens is 4. The van der Waals surface area contributed by atoms with Crippen molar-refractivity contribution in [3.05, 3.63) is 76.4 Å². The summed E-state index contributed by atoms with van der Waals surface area (Å²) in [6.07, 6.45) is 0. The van der Waals surface area contributed by atoms with Gasteiger partial charge in [-0.2, -0.15) is 4.68 Å². The van der Waals surface area contributed by atoms with Crippen molar-refractivity contribution in [3.63, 3.8) is 0 Å². The predicted molar refractivity (Wildman–Crippen MR) is 119 cm³/mol. The summed E-state index contributed by atoms with van der Waals surface area (Å²) in [5.74, 6) is 1.15. The van der Waals surface area contributed by atoms with Crippen LogP contribution in [0.15, 0.2) is 63.8 Å². The first-order valence-electron chi connectivity index (χ1n) is 10.6. The lowest BCUT2D eigenvalue weighted by molar-refractivity contribution is 0.0620. The number of methoxy groups -OCH3 is 1. The van der Waals surface area contributed by atoms with Gasteiger partial charge in [-0.05, 0) is 46.8 Å². The maximum absolute atomic E-state index is 13.0. The fourth-order valence-electron chi connectivity index (χ4n) is 3.92. The SMILES string of the molecule is COc1ccc(-n2nnnc2CN2CCN(C(=O)c3cc4ccccc4oc3=O)CC2)cc1. The Hall–Kier alpha value is -4.05. The van der Waals surface area contributed by atoms with Crippen molar-refractivity contribution in [2.75, 3.05) is 33.3 Å². The van der Waals surface area contributed by atoms with Crippen molar-refractivity contribution in [1.29, 1.82) is 0 Å². The van der Waals surface area contributed by atoms with Gasteiger partial charge in [-0.3, -0.25) is 9.69 Å². The zero-order valence-corrected chi connectivity index (χ0v) is 18.0. The molecule has 0 N–H and O–H groups in total. The Balaban J connectivity index is 1.25. The van der Waals surface area contributed by atoms with E-state index in [9.17, 15) is 9.59 Å². The van der Waals surface area contributed by atoms with Crippen LogP contribution in [-0.4, -0.2) is 69.2 Å². The molecule has 33 heavy (non-hydrogen) atoms. The average molecular weight is 446 g/mol. The molecule has 5 rings (SSSR count). The standard InChI is InChI=1S/C23H22N6O4/c1-32-18-8-6-17(7-9-18)29-21(24-25-26-29)15-27-10-12-28(13-11-27)22(30)19-14-16-4-2-3-5-20(16)33-23(19)31/h2-9,14H,10-13,15H2,1H3. The summed E-state index contributed by atoms with van der Waals surface area (Å²) in [7, 11) is 1.62. The van der Waals surface area contributed by atoms with Crippen molar-refractivity contribution < 1.29 is 13.9 Å². The molecule has 1 aliphatic heterocycles. The molecule has 4 aromatic rings. The van der Waals surface area contributed by atoms with E-state index in [2.05, 4.69) is 20.4 Å². The Bertz CT molecular complexity index is 1340. The van der Waals surface area contributed by atoms with E-state index in [0.717, 1.165) is 16.8 Å². The monoisotopic (exact) mass is 446 g/mol. The highest BCUT2D eigenvalue weighted by molar-refractivity contribution is 5.96.